The van der Waals surface area contributed by atoms with E-state index in [1.807, 2.05) is 0 Å². The lowest BCUT2D eigenvalue weighted by Gasteiger charge is -2.23. The van der Waals surface area contributed by atoms with E-state index in [1.165, 1.54) is 31.2 Å². The topological polar surface area (TPSA) is 59.0 Å². The van der Waals surface area contributed by atoms with Crippen molar-refractivity contribution in [2.75, 3.05) is 11.4 Å². The van der Waals surface area contributed by atoms with Crippen molar-refractivity contribution in [1.82, 2.24) is 0 Å². The van der Waals surface area contributed by atoms with E-state index in [1.54, 1.807) is 0 Å². The van der Waals surface area contributed by atoms with Crippen molar-refractivity contribution < 1.29 is 30.8 Å². The van der Waals surface area contributed by atoms with Gasteiger partial charge in [-0.25, -0.2) is 4.39 Å². The monoisotopic (exact) mass is 424 g/mol. The van der Waals surface area contributed by atoms with Gasteiger partial charge in [-0.3, -0.25) is 4.31 Å². The Morgan fingerprint density at radius 1 is 1.15 bits per heavy atom. The predicted octanol–water partition coefficient (Wildman–Crippen LogP) is 4.57. The largest absolute Gasteiger partial charge is 0.516 e. The second-order valence-corrected chi connectivity index (χ2v) is 7.70. The fourth-order valence-corrected chi connectivity index (χ4v) is 2.92. The molecule has 0 saturated heterocycles. The van der Waals surface area contributed by atoms with E-state index in [9.17, 15) is 26.0 Å². The normalized spacial score (nSPS) is 12.8. The van der Waals surface area contributed by atoms with Gasteiger partial charge in [-0.05, 0) is 49.4 Å². The van der Waals surface area contributed by atoms with Crippen LogP contribution in [0.4, 0.5) is 23.2 Å². The minimum absolute atomic E-state index is 0.0138. The Labute approximate surface area is 157 Å². The number of hydrogen-bond acceptors (Lipinski definition) is 4. The van der Waals surface area contributed by atoms with Crippen molar-refractivity contribution in [3.8, 4) is 5.75 Å². The van der Waals surface area contributed by atoms with Gasteiger partial charge in [0.2, 0.25) is 0 Å². The number of sulfonamides is 1. The van der Waals surface area contributed by atoms with Crippen LogP contribution < -0.4 is 9.14 Å². The van der Waals surface area contributed by atoms with E-state index in [4.69, 9.17) is 16.4 Å². The molecule has 146 valence electrons. The number of alkyl halides is 3. The Bertz CT molecular complexity index is 961. The molecule has 0 saturated carbocycles. The molecule has 0 aliphatic rings. The highest BCUT2D eigenvalue weighted by Gasteiger charge is 2.49. The average molecular weight is 425 g/mol. The summed E-state index contributed by atoms with van der Waals surface area (Å²) in [5, 5.41) is 3.91. The molecule has 2 aromatic rings. The van der Waals surface area contributed by atoms with Gasteiger partial charge in [-0.2, -0.15) is 21.6 Å². The maximum atomic E-state index is 12.9. The highest BCUT2D eigenvalue weighted by Crippen LogP contribution is 2.33. The van der Waals surface area contributed by atoms with Crippen LogP contribution in [0.2, 0.25) is 5.02 Å². The predicted molar refractivity (Wildman–Crippen MR) is 94.1 cm³/mol. The Kier molecular flexibility index (Phi) is 6.01. The SMILES string of the molecule is CC(=NOc1ccc(F)cc1)c1cc(Cl)ccc1N(C)S(=O)(=O)C(F)(F)F. The van der Waals surface area contributed by atoms with Gasteiger partial charge in [0.1, 0.15) is 5.82 Å². The molecule has 0 bridgehead atoms. The molecule has 11 heteroatoms. The number of oxime groups is 1. The van der Waals surface area contributed by atoms with Crippen LogP contribution in [0.5, 0.6) is 5.75 Å². The Morgan fingerprint density at radius 3 is 2.30 bits per heavy atom. The summed E-state index contributed by atoms with van der Waals surface area (Å²) in [6.45, 7) is 1.40. The summed E-state index contributed by atoms with van der Waals surface area (Å²) in [7, 11) is -4.85. The molecule has 2 aromatic carbocycles. The lowest BCUT2D eigenvalue weighted by atomic mass is 10.1. The maximum absolute atomic E-state index is 12.9. The summed E-state index contributed by atoms with van der Waals surface area (Å²) in [6, 6.07) is 8.49. The number of halogens is 5. The number of anilines is 1. The number of benzene rings is 2. The van der Waals surface area contributed by atoms with Crippen molar-refractivity contribution >= 4 is 33.0 Å². The van der Waals surface area contributed by atoms with Crippen LogP contribution in [0.15, 0.2) is 47.6 Å². The van der Waals surface area contributed by atoms with Crippen molar-refractivity contribution in [1.29, 1.82) is 0 Å². The van der Waals surface area contributed by atoms with Crippen molar-refractivity contribution in [3.05, 3.63) is 58.9 Å². The molecule has 0 fully saturated rings. The number of rotatable bonds is 5. The summed E-state index contributed by atoms with van der Waals surface area (Å²) in [6.07, 6.45) is 0. The Hall–Kier alpha value is -2.33. The van der Waals surface area contributed by atoms with Crippen LogP contribution in [0.25, 0.3) is 0 Å². The van der Waals surface area contributed by atoms with Gasteiger partial charge >= 0.3 is 15.5 Å². The van der Waals surface area contributed by atoms with E-state index < -0.39 is 21.3 Å². The zero-order chi connectivity index (χ0) is 20.4. The first-order valence-corrected chi connectivity index (χ1v) is 9.07. The minimum Gasteiger partial charge on any atom is -0.357 e. The second-order valence-electron chi connectivity index (χ2n) is 5.30. The number of nitrogens with zero attached hydrogens (tertiary/aromatic N) is 2. The summed E-state index contributed by atoms with van der Waals surface area (Å²) >= 11 is 5.88. The molecule has 0 aliphatic heterocycles. The molecule has 0 atom stereocenters. The molecule has 0 aliphatic carbocycles. The summed E-state index contributed by atoms with van der Waals surface area (Å²) in [5.41, 5.74) is -5.70. The van der Waals surface area contributed by atoms with Crippen molar-refractivity contribution in [2.24, 2.45) is 5.16 Å². The molecule has 27 heavy (non-hydrogen) atoms. The summed E-state index contributed by atoms with van der Waals surface area (Å²) in [5.74, 6) is -0.310. The molecule has 0 heterocycles. The minimum atomic E-state index is -5.62. The van der Waals surface area contributed by atoms with Gasteiger partial charge in [-0.15, -0.1) is 0 Å². The average Bonchev–Trinajstić information content (AvgIpc) is 2.59. The van der Waals surface area contributed by atoms with Gasteiger partial charge in [0, 0.05) is 17.6 Å². The van der Waals surface area contributed by atoms with Crippen LogP contribution >= 0.6 is 11.6 Å². The summed E-state index contributed by atoms with van der Waals surface area (Å²) in [4.78, 5) is 5.09. The molecule has 0 N–H and O–H groups in total. The van der Waals surface area contributed by atoms with E-state index in [2.05, 4.69) is 5.16 Å². The molecule has 2 rings (SSSR count). The van der Waals surface area contributed by atoms with Gasteiger partial charge < -0.3 is 4.84 Å². The highest BCUT2D eigenvalue weighted by atomic mass is 35.5. The van der Waals surface area contributed by atoms with Crippen LogP contribution in [-0.4, -0.2) is 26.7 Å². The third-order valence-electron chi connectivity index (χ3n) is 3.44. The second kappa shape index (κ2) is 7.73. The van der Waals surface area contributed by atoms with Crippen LogP contribution in [0.3, 0.4) is 0 Å². The fourth-order valence-electron chi connectivity index (χ4n) is 2.02. The zero-order valence-electron chi connectivity index (χ0n) is 14.0. The van der Waals surface area contributed by atoms with Crippen LogP contribution in [-0.2, 0) is 10.0 Å². The molecule has 5 nitrogen and oxygen atoms in total. The smallest absolute Gasteiger partial charge is 0.357 e. The van der Waals surface area contributed by atoms with E-state index in [0.717, 1.165) is 25.2 Å². The maximum Gasteiger partial charge on any atom is 0.516 e. The Morgan fingerprint density at radius 2 is 1.74 bits per heavy atom. The first-order chi connectivity index (χ1) is 12.4. The Balaban J connectivity index is 2.43. The number of hydrogen-bond donors (Lipinski definition) is 0. The van der Waals surface area contributed by atoms with Crippen LogP contribution in [0, 0.1) is 5.82 Å². The molecular weight excluding hydrogens is 412 g/mol. The van der Waals surface area contributed by atoms with Gasteiger partial charge in [-0.1, -0.05) is 16.8 Å². The lowest BCUT2D eigenvalue weighted by Crippen LogP contribution is -2.38. The quantitative estimate of drug-likeness (QED) is 0.401. The van der Waals surface area contributed by atoms with E-state index >= 15 is 0 Å². The third-order valence-corrected chi connectivity index (χ3v) is 5.18. The van der Waals surface area contributed by atoms with E-state index in [-0.39, 0.29) is 32.0 Å². The summed E-state index contributed by atoms with van der Waals surface area (Å²) < 4.78 is 74.9. The molecule has 0 radical (unpaired) electrons. The molecular formula is C16H13ClF4N2O3S. The first-order valence-electron chi connectivity index (χ1n) is 7.26. The zero-order valence-corrected chi connectivity index (χ0v) is 15.5. The first kappa shape index (κ1) is 21.0. The van der Waals surface area contributed by atoms with Gasteiger partial charge in [0.15, 0.2) is 5.75 Å². The van der Waals surface area contributed by atoms with Gasteiger partial charge in [0.25, 0.3) is 0 Å². The third kappa shape index (κ3) is 4.69. The van der Waals surface area contributed by atoms with E-state index in [0.29, 0.717) is 0 Å². The molecule has 0 aromatic heterocycles. The highest BCUT2D eigenvalue weighted by molar-refractivity contribution is 7.93. The standard InChI is InChI=1S/C16H13ClF4N2O3S/c1-10(22-26-13-6-4-12(18)5-7-13)14-9-11(17)3-8-15(14)23(2)27(24,25)16(19,20)21/h3-9H,1-2H3. The fraction of sp³-hybridized carbons (Fsp3) is 0.188. The molecule has 0 amide bonds. The molecule has 0 unspecified atom stereocenters. The molecule has 0 spiro atoms. The lowest BCUT2D eigenvalue weighted by molar-refractivity contribution is -0.0437. The van der Waals surface area contributed by atoms with Gasteiger partial charge in [0.05, 0.1) is 11.4 Å². The van der Waals surface area contributed by atoms with Crippen molar-refractivity contribution in [2.45, 2.75) is 12.4 Å². The van der Waals surface area contributed by atoms with Crippen LogP contribution in [0.1, 0.15) is 12.5 Å². The van der Waals surface area contributed by atoms with Crippen molar-refractivity contribution in [3.63, 3.8) is 0 Å².